The molecule has 0 amide bonds. The first kappa shape index (κ1) is 12.1. The van der Waals surface area contributed by atoms with Crippen LogP contribution < -0.4 is 3.79 Å². The third-order valence-corrected chi connectivity index (χ3v) is 2.61. The zero-order valence-corrected chi connectivity index (χ0v) is 10.3. The van der Waals surface area contributed by atoms with E-state index in [1.165, 1.54) is 4.68 Å². The van der Waals surface area contributed by atoms with Gasteiger partial charge >= 0.3 is 16.6 Å². The molecule has 2 radical (unpaired) electrons. The lowest BCUT2D eigenvalue weighted by atomic mass is 10.2. The lowest BCUT2D eigenvalue weighted by Gasteiger charge is -2.11. The first-order chi connectivity index (χ1) is 8.15. The van der Waals surface area contributed by atoms with E-state index >= 15 is 0 Å². The van der Waals surface area contributed by atoms with E-state index in [0.29, 0.717) is 0 Å². The summed E-state index contributed by atoms with van der Waals surface area (Å²) in [6, 6.07) is 3.68. The fourth-order valence-corrected chi connectivity index (χ4v) is 1.71. The van der Waals surface area contributed by atoms with Crippen LogP contribution in [0.3, 0.4) is 0 Å². The summed E-state index contributed by atoms with van der Waals surface area (Å²) in [5.41, 5.74) is 0.921. The molecular weight excluding hydrogens is 241 g/mol. The summed E-state index contributed by atoms with van der Waals surface area (Å²) in [7, 11) is 0. The van der Waals surface area contributed by atoms with Crippen LogP contribution in [-0.2, 0) is 6.42 Å². The Bertz CT molecular complexity index is 542. The van der Waals surface area contributed by atoms with E-state index < -0.39 is 11.6 Å². The largest absolute Gasteiger partial charge is 0.652 e. The van der Waals surface area contributed by atoms with Crippen molar-refractivity contribution in [2.45, 2.75) is 13.3 Å². The zero-order chi connectivity index (χ0) is 12.4. The normalized spacial score (nSPS) is 10.5. The van der Waals surface area contributed by atoms with Crippen LogP contribution in [0.2, 0.25) is 0 Å². The first-order valence-electron chi connectivity index (χ1n) is 5.06. The molecule has 0 aliphatic carbocycles. The molecule has 0 aliphatic heterocycles. The molecule has 17 heavy (non-hydrogen) atoms. The highest BCUT2D eigenvalue weighted by molar-refractivity contribution is 6.00. The van der Waals surface area contributed by atoms with Gasteiger partial charge in [0.2, 0.25) is 0 Å². The van der Waals surface area contributed by atoms with Gasteiger partial charge in [0.25, 0.3) is 0 Å². The predicted octanol–water partition coefficient (Wildman–Crippen LogP) is 2.18. The van der Waals surface area contributed by atoms with Gasteiger partial charge in [-0.25, -0.2) is 13.5 Å². The Hall–Kier alpha value is -1.38. The number of hydrogen-bond donors (Lipinski definition) is 0. The molecule has 0 atom stereocenters. The molecule has 1 aromatic carbocycles. The highest BCUT2D eigenvalue weighted by Crippen LogP contribution is 2.26. The third kappa shape index (κ3) is 2.33. The van der Waals surface area contributed by atoms with Crippen molar-refractivity contribution in [3.05, 3.63) is 41.7 Å². The van der Waals surface area contributed by atoms with Crippen molar-refractivity contribution < 1.29 is 12.6 Å². The van der Waals surface area contributed by atoms with Crippen molar-refractivity contribution in [2.75, 3.05) is 0 Å². The van der Waals surface area contributed by atoms with Crippen molar-refractivity contribution in [2.24, 2.45) is 0 Å². The van der Waals surface area contributed by atoms with E-state index in [2.05, 4.69) is 5.10 Å². The van der Waals surface area contributed by atoms with E-state index in [9.17, 15) is 8.78 Å². The Balaban J connectivity index is 2.57. The number of nitrogens with zero attached hydrogens (tertiary/aromatic N) is 2. The molecule has 0 bridgehead atoms. The number of aryl methyl sites for hydroxylation is 1. The number of aromatic nitrogens is 2. The summed E-state index contributed by atoms with van der Waals surface area (Å²) in [5, 5.41) is 4.16. The van der Waals surface area contributed by atoms with E-state index in [1.54, 1.807) is 12.3 Å². The number of rotatable bonds is 3. The van der Waals surface area contributed by atoms with Crippen molar-refractivity contribution in [1.29, 1.82) is 0 Å². The molecule has 3 nitrogen and oxygen atoms in total. The summed E-state index contributed by atoms with van der Waals surface area (Å²) in [4.78, 5) is 0. The summed E-state index contributed by atoms with van der Waals surface area (Å²) in [6.45, 7) is 1.95. The van der Waals surface area contributed by atoms with E-state index in [0.717, 1.165) is 24.2 Å². The van der Waals surface area contributed by atoms with Gasteiger partial charge in [-0.15, -0.1) is 0 Å². The van der Waals surface area contributed by atoms with Crippen molar-refractivity contribution in [3.63, 3.8) is 0 Å². The molecule has 1 heterocycles. The molecule has 0 aliphatic rings. The Morgan fingerprint density at radius 3 is 2.76 bits per heavy atom. The minimum Gasteiger partial charge on any atom is -0.652 e. The highest BCUT2D eigenvalue weighted by Gasteiger charge is 2.14. The van der Waals surface area contributed by atoms with Crippen LogP contribution in [0.5, 0.6) is 5.75 Å². The van der Waals surface area contributed by atoms with Gasteiger partial charge in [-0.2, -0.15) is 5.10 Å². The smallest absolute Gasteiger partial charge is 0.482 e. The average molecular weight is 250 g/mol. The molecule has 86 valence electrons. The lowest BCUT2D eigenvalue weighted by Crippen LogP contribution is -2.04. The molecule has 2 aromatic rings. The second kappa shape index (κ2) is 4.86. The predicted molar refractivity (Wildman–Crippen MR) is 59.2 cm³/mol. The zero-order valence-electron chi connectivity index (χ0n) is 9.15. The lowest BCUT2D eigenvalue weighted by molar-refractivity contribution is 0.537. The van der Waals surface area contributed by atoms with Crippen LogP contribution in [0.15, 0.2) is 24.4 Å². The monoisotopic (exact) mass is 250 g/mol. The van der Waals surface area contributed by atoms with E-state index in [4.69, 9.17) is 3.79 Å². The number of hydrogen-bond acceptors (Lipinski definition) is 2. The van der Waals surface area contributed by atoms with Gasteiger partial charge in [0.15, 0.2) is 5.82 Å². The van der Waals surface area contributed by atoms with Crippen LogP contribution in [-0.4, -0.2) is 26.4 Å². The molecule has 0 fully saturated rings. The van der Waals surface area contributed by atoms with Gasteiger partial charge in [0.1, 0.15) is 17.3 Å². The maximum atomic E-state index is 13.7. The molecule has 2 rings (SSSR count). The summed E-state index contributed by atoms with van der Waals surface area (Å²) in [6.07, 6.45) is 2.36. The molecule has 0 N–H and O–H groups in total. The Morgan fingerprint density at radius 2 is 2.18 bits per heavy atom. The molecule has 6 heteroatoms. The fraction of sp³-hybridized carbons (Fsp3) is 0.182. The number of benzene rings is 1. The van der Waals surface area contributed by atoms with Crippen LogP contribution >= 0.6 is 0 Å². The fourth-order valence-electron chi connectivity index (χ4n) is 1.53. The van der Waals surface area contributed by atoms with Crippen LogP contribution in [0, 0.1) is 11.6 Å². The highest BCUT2D eigenvalue weighted by atomic mass is 27.1. The Labute approximate surface area is 106 Å². The number of halogens is 2. The molecular formula is C11H9AlF2N2O. The Kier molecular flexibility index (Phi) is 3.46. The molecule has 0 saturated carbocycles. The quantitative estimate of drug-likeness (QED) is 0.781. The van der Waals surface area contributed by atoms with Crippen molar-refractivity contribution >= 4 is 16.6 Å². The topological polar surface area (TPSA) is 27.1 Å². The maximum absolute atomic E-state index is 13.7. The maximum Gasteiger partial charge on any atom is 0.482 e. The standard InChI is InChI=1S/C11H10F2N2O.Al/c1-2-8-3-4-15(14-8)11-9(13)5-7(12)6-10(11)16;/h3-6,16H,2H2,1H3;/q;+1/p-1. The van der Waals surface area contributed by atoms with Gasteiger partial charge < -0.3 is 3.79 Å². The third-order valence-electron chi connectivity index (χ3n) is 2.36. The van der Waals surface area contributed by atoms with Crippen molar-refractivity contribution in [3.8, 4) is 11.4 Å². The molecule has 1 aromatic heterocycles. The van der Waals surface area contributed by atoms with Gasteiger partial charge in [-0.05, 0) is 12.5 Å². The summed E-state index contributed by atoms with van der Waals surface area (Å²) >= 11 is 1.97. The van der Waals surface area contributed by atoms with Crippen LogP contribution in [0.4, 0.5) is 8.78 Å². The molecule has 0 unspecified atom stereocenters. The molecule has 0 saturated heterocycles. The van der Waals surface area contributed by atoms with Crippen LogP contribution in [0.1, 0.15) is 12.6 Å². The summed E-state index contributed by atoms with van der Waals surface area (Å²) in [5.74, 6) is -1.32. The average Bonchev–Trinajstić information content (AvgIpc) is 2.76. The SMILES string of the molecule is CCc1ccn(-c2c(F)cc(F)cc2[O][Al])n1. The van der Waals surface area contributed by atoms with Gasteiger partial charge in [0, 0.05) is 18.3 Å². The molecule has 0 spiro atoms. The van der Waals surface area contributed by atoms with Crippen LogP contribution in [0.25, 0.3) is 5.69 Å². The van der Waals surface area contributed by atoms with E-state index in [1.807, 2.05) is 23.5 Å². The second-order valence-electron chi connectivity index (χ2n) is 3.46. The Morgan fingerprint density at radius 1 is 1.41 bits per heavy atom. The van der Waals surface area contributed by atoms with Crippen molar-refractivity contribution in [1.82, 2.24) is 9.78 Å². The van der Waals surface area contributed by atoms with Gasteiger partial charge in [-0.3, -0.25) is 0 Å². The van der Waals surface area contributed by atoms with E-state index in [-0.39, 0.29) is 11.4 Å². The minimum atomic E-state index is -0.715. The van der Waals surface area contributed by atoms with Gasteiger partial charge in [0.05, 0.1) is 5.69 Å². The minimum absolute atomic E-state index is 0.0817. The first-order valence-corrected chi connectivity index (χ1v) is 5.53. The van der Waals surface area contributed by atoms with Gasteiger partial charge in [-0.1, -0.05) is 6.92 Å². The second-order valence-corrected chi connectivity index (χ2v) is 3.69. The summed E-state index contributed by atoms with van der Waals surface area (Å²) < 4.78 is 33.0.